The summed E-state index contributed by atoms with van der Waals surface area (Å²) in [7, 11) is 9.31. The Hall–Kier alpha value is -3.54. The van der Waals surface area contributed by atoms with E-state index in [-0.39, 0.29) is 12.1 Å². The van der Waals surface area contributed by atoms with Crippen LogP contribution in [-0.2, 0) is 0 Å². The molecule has 5 aromatic rings. The molecule has 0 amide bonds. The van der Waals surface area contributed by atoms with Crippen molar-refractivity contribution in [3.05, 3.63) is 134 Å². The molecule has 3 aromatic carbocycles. The number of hydrogen-bond donors (Lipinski definition) is 0. The van der Waals surface area contributed by atoms with Gasteiger partial charge in [0.25, 0.3) is 0 Å². The minimum atomic E-state index is 0.111. The maximum atomic E-state index is 7.09. The number of allylic oxidation sites excluding steroid dienone is 2. The number of fused-ring (bicyclic) bond motifs is 2. The summed E-state index contributed by atoms with van der Waals surface area (Å²) in [5, 5.41) is 7.26. The number of rotatable bonds is 4. The van der Waals surface area contributed by atoms with E-state index in [1.165, 1.54) is 64.8 Å². The van der Waals surface area contributed by atoms with Gasteiger partial charge in [-0.15, -0.1) is 22.7 Å². The highest BCUT2D eigenvalue weighted by atomic mass is 32.1. The summed E-state index contributed by atoms with van der Waals surface area (Å²) in [6, 6.07) is 22.3. The lowest BCUT2D eigenvalue weighted by molar-refractivity contribution is 0.394. The number of likely N-dealkylation sites (N-methyl/N-ethyl adjacent to an activating group) is 1. The molecule has 196 valence electrons. The Balaban J connectivity index is 1.36. The van der Waals surface area contributed by atoms with Gasteiger partial charge in [-0.05, 0) is 94.8 Å². The lowest BCUT2D eigenvalue weighted by Gasteiger charge is -2.32. The Morgan fingerprint density at radius 2 is 1.45 bits per heavy atom. The van der Waals surface area contributed by atoms with Crippen molar-refractivity contribution in [3.63, 3.8) is 0 Å². The molecule has 0 saturated carbocycles. The molecule has 0 aliphatic carbocycles. The van der Waals surface area contributed by atoms with Crippen LogP contribution in [0.1, 0.15) is 51.9 Å². The molecule has 2 atom stereocenters. The summed E-state index contributed by atoms with van der Waals surface area (Å²) < 4.78 is 2.65. The summed E-state index contributed by atoms with van der Waals surface area (Å²) in [4.78, 5) is 4.47. The Morgan fingerprint density at radius 1 is 0.850 bits per heavy atom. The Kier molecular flexibility index (Phi) is 6.25. The van der Waals surface area contributed by atoms with Crippen LogP contribution in [0.25, 0.3) is 25.7 Å². The van der Waals surface area contributed by atoms with Crippen LogP contribution in [-0.4, -0.2) is 24.7 Å². The lowest BCUT2D eigenvalue weighted by atomic mass is 9.89. The average molecular weight is 555 g/mol. The van der Waals surface area contributed by atoms with E-state index in [4.69, 9.17) is 7.98 Å². The van der Waals surface area contributed by atoms with Crippen LogP contribution in [0.2, 0.25) is 0 Å². The van der Waals surface area contributed by atoms with Gasteiger partial charge in [-0.25, -0.2) is 0 Å². The molecule has 0 fully saturated rings. The molecule has 7 rings (SSSR count). The van der Waals surface area contributed by atoms with E-state index in [1.807, 2.05) is 16.1 Å². The van der Waals surface area contributed by atoms with Crippen molar-refractivity contribution < 1.29 is 0 Å². The quantitative estimate of drug-likeness (QED) is 0.204. The first kappa shape index (κ1) is 25.4. The SMILES string of the molecule is [B]N1C(/C(=C2/C=CC(c3csc4ccccc34)N2C)c2c(C)cc(C)cc2C)=CCC1c1csc2ccccc12. The first-order valence-corrected chi connectivity index (χ1v) is 15.6. The van der Waals surface area contributed by atoms with E-state index < -0.39 is 0 Å². The standard InChI is InChI=1S/C35H31BN2S2/c1-21-17-22(2)34(23(3)18-21)35(30-15-13-28(37(30)4)26-19-39-32-11-7-5-9-24(26)32)31-16-14-29(38(31)36)27-20-40-33-12-8-6-10-25(27)33/h5-13,15-20,28-29H,14H2,1-4H3/b35-30+. The van der Waals surface area contributed by atoms with Gasteiger partial charge in [-0.2, -0.15) is 0 Å². The molecule has 2 nitrogen and oxygen atoms in total. The zero-order valence-electron chi connectivity index (χ0n) is 23.3. The van der Waals surface area contributed by atoms with Crippen molar-refractivity contribution in [2.75, 3.05) is 7.05 Å². The summed E-state index contributed by atoms with van der Waals surface area (Å²) in [5.41, 5.74) is 11.4. The molecular formula is C35H31BN2S2. The zero-order chi connectivity index (χ0) is 27.5. The number of thiophene rings is 2. The van der Waals surface area contributed by atoms with E-state index in [2.05, 4.69) is 122 Å². The average Bonchev–Trinajstić information content (AvgIpc) is 3.72. The number of aryl methyl sites for hydroxylation is 3. The molecule has 2 aromatic heterocycles. The van der Waals surface area contributed by atoms with Crippen LogP contribution in [0.4, 0.5) is 0 Å². The third-order valence-electron chi connectivity index (χ3n) is 8.52. The topological polar surface area (TPSA) is 6.48 Å². The highest BCUT2D eigenvalue weighted by Crippen LogP contribution is 2.48. The molecule has 0 bridgehead atoms. The predicted molar refractivity (Wildman–Crippen MR) is 174 cm³/mol. The Labute approximate surface area is 246 Å². The fourth-order valence-corrected chi connectivity index (χ4v) is 8.71. The molecule has 2 radical (unpaired) electrons. The van der Waals surface area contributed by atoms with E-state index in [0.29, 0.717) is 0 Å². The fourth-order valence-electron chi connectivity index (χ4n) is 6.71. The molecule has 0 N–H and O–H groups in total. The molecule has 2 unspecified atom stereocenters. The maximum Gasteiger partial charge on any atom is 0.227 e. The molecule has 2 aliphatic heterocycles. The van der Waals surface area contributed by atoms with Crippen molar-refractivity contribution in [2.45, 2.75) is 39.3 Å². The van der Waals surface area contributed by atoms with E-state index in [0.717, 1.165) is 12.1 Å². The van der Waals surface area contributed by atoms with Crippen LogP contribution in [0.5, 0.6) is 0 Å². The van der Waals surface area contributed by atoms with Crippen molar-refractivity contribution in [1.29, 1.82) is 0 Å². The minimum absolute atomic E-state index is 0.111. The van der Waals surface area contributed by atoms with Crippen LogP contribution in [0.15, 0.2) is 101 Å². The van der Waals surface area contributed by atoms with Crippen molar-refractivity contribution in [2.24, 2.45) is 0 Å². The third kappa shape index (κ3) is 3.98. The van der Waals surface area contributed by atoms with Crippen molar-refractivity contribution in [3.8, 4) is 0 Å². The van der Waals surface area contributed by atoms with Gasteiger partial charge >= 0.3 is 0 Å². The summed E-state index contributed by atoms with van der Waals surface area (Å²) in [6.45, 7) is 6.65. The van der Waals surface area contributed by atoms with Gasteiger partial charge in [0.1, 0.15) is 0 Å². The predicted octanol–water partition coefficient (Wildman–Crippen LogP) is 9.41. The van der Waals surface area contributed by atoms with Gasteiger partial charge in [0, 0.05) is 39.5 Å². The molecule has 5 heteroatoms. The molecule has 4 heterocycles. The van der Waals surface area contributed by atoms with Crippen molar-refractivity contribution >= 4 is 56.4 Å². The lowest BCUT2D eigenvalue weighted by Crippen LogP contribution is -2.24. The van der Waals surface area contributed by atoms with Gasteiger partial charge in [0.05, 0.1) is 6.04 Å². The monoisotopic (exact) mass is 554 g/mol. The number of nitrogens with zero attached hydrogens (tertiary/aromatic N) is 2. The third-order valence-corrected chi connectivity index (χ3v) is 10.5. The van der Waals surface area contributed by atoms with Crippen LogP contribution >= 0.6 is 22.7 Å². The Bertz CT molecular complexity index is 1850. The molecule has 0 saturated heterocycles. The Morgan fingerprint density at radius 3 is 2.12 bits per heavy atom. The second-order valence-electron chi connectivity index (χ2n) is 11.1. The number of hydrogen-bond acceptors (Lipinski definition) is 4. The second kappa shape index (κ2) is 9.83. The highest BCUT2D eigenvalue weighted by Gasteiger charge is 2.33. The first-order chi connectivity index (χ1) is 19.4. The highest BCUT2D eigenvalue weighted by molar-refractivity contribution is 7.17. The van der Waals surface area contributed by atoms with Gasteiger partial charge in [-0.1, -0.05) is 66.2 Å². The normalized spacial score (nSPS) is 20.2. The molecule has 2 aliphatic rings. The van der Waals surface area contributed by atoms with Crippen molar-refractivity contribution in [1.82, 2.24) is 9.71 Å². The molecule has 0 spiro atoms. The zero-order valence-corrected chi connectivity index (χ0v) is 24.9. The minimum Gasteiger partial charge on any atom is -0.418 e. The van der Waals surface area contributed by atoms with Gasteiger partial charge in [0.15, 0.2) is 0 Å². The largest absolute Gasteiger partial charge is 0.418 e. The van der Waals surface area contributed by atoms with Crippen LogP contribution in [0, 0.1) is 20.8 Å². The number of benzene rings is 3. The summed E-state index contributed by atoms with van der Waals surface area (Å²) >= 11 is 3.63. The smallest absolute Gasteiger partial charge is 0.227 e. The van der Waals surface area contributed by atoms with Gasteiger partial charge in [0.2, 0.25) is 7.98 Å². The van der Waals surface area contributed by atoms with Crippen LogP contribution in [0.3, 0.4) is 0 Å². The molecule has 40 heavy (non-hydrogen) atoms. The van der Waals surface area contributed by atoms with E-state index in [1.54, 1.807) is 11.3 Å². The van der Waals surface area contributed by atoms with E-state index in [9.17, 15) is 0 Å². The maximum absolute atomic E-state index is 7.09. The fraction of sp³-hybridized carbons (Fsp3) is 0.200. The first-order valence-electron chi connectivity index (χ1n) is 13.8. The molecular weight excluding hydrogens is 523 g/mol. The summed E-state index contributed by atoms with van der Waals surface area (Å²) in [6.07, 6.45) is 7.91. The van der Waals surface area contributed by atoms with E-state index >= 15 is 0 Å². The van der Waals surface area contributed by atoms with Gasteiger partial charge in [-0.3, -0.25) is 0 Å². The van der Waals surface area contributed by atoms with Gasteiger partial charge < -0.3 is 9.71 Å². The second-order valence-corrected chi connectivity index (χ2v) is 12.9. The van der Waals surface area contributed by atoms with Crippen LogP contribution < -0.4 is 0 Å². The summed E-state index contributed by atoms with van der Waals surface area (Å²) in [5.74, 6) is 0.